The maximum atomic E-state index is 12.2. The zero-order valence-electron chi connectivity index (χ0n) is 16.0. The molecular formula is C24H24ClNO2. The molecule has 4 heteroatoms. The van der Waals surface area contributed by atoms with Crippen LogP contribution in [0.25, 0.3) is 6.08 Å². The smallest absolute Gasteiger partial charge is 0.363 e. The number of ether oxygens (including phenoxy) is 1. The maximum Gasteiger partial charge on any atom is 0.363 e. The molecule has 2 aliphatic rings. The molecule has 0 spiro atoms. The van der Waals surface area contributed by atoms with Gasteiger partial charge >= 0.3 is 5.97 Å². The van der Waals surface area contributed by atoms with E-state index in [0.717, 1.165) is 17.0 Å². The van der Waals surface area contributed by atoms with Crippen LogP contribution >= 0.6 is 11.6 Å². The van der Waals surface area contributed by atoms with Gasteiger partial charge in [-0.15, -0.1) is 0 Å². The average Bonchev–Trinajstić information content (AvgIpc) is 3.08. The first-order chi connectivity index (χ1) is 13.6. The summed E-state index contributed by atoms with van der Waals surface area (Å²) in [6.07, 6.45) is 8.17. The van der Waals surface area contributed by atoms with E-state index in [9.17, 15) is 4.79 Å². The van der Waals surface area contributed by atoms with Gasteiger partial charge in [-0.1, -0.05) is 49.2 Å². The molecule has 0 N–H and O–H groups in total. The molecule has 144 valence electrons. The topological polar surface area (TPSA) is 38.7 Å². The Kier molecular flexibility index (Phi) is 5.63. The first kappa shape index (κ1) is 18.9. The van der Waals surface area contributed by atoms with Crippen molar-refractivity contribution in [2.75, 3.05) is 0 Å². The van der Waals surface area contributed by atoms with Crippen molar-refractivity contribution >= 4 is 29.5 Å². The van der Waals surface area contributed by atoms with E-state index in [1.807, 2.05) is 24.3 Å². The summed E-state index contributed by atoms with van der Waals surface area (Å²) in [5.41, 5.74) is 3.31. The molecule has 0 saturated heterocycles. The minimum absolute atomic E-state index is 0.291. The summed E-state index contributed by atoms with van der Waals surface area (Å²) in [5, 5.41) is 0.619. The third kappa shape index (κ3) is 4.20. The third-order valence-electron chi connectivity index (χ3n) is 5.83. The van der Waals surface area contributed by atoms with Crippen molar-refractivity contribution < 1.29 is 9.53 Å². The molecule has 0 aromatic heterocycles. The Morgan fingerprint density at radius 3 is 2.54 bits per heavy atom. The number of aliphatic imine (C=N–C) groups is 1. The Morgan fingerprint density at radius 2 is 1.86 bits per heavy atom. The molecule has 1 aliphatic carbocycles. The van der Waals surface area contributed by atoms with Gasteiger partial charge in [-0.3, -0.25) is 0 Å². The second-order valence-electron chi connectivity index (χ2n) is 7.64. The molecule has 3 nitrogen and oxygen atoms in total. The average molecular weight is 394 g/mol. The van der Waals surface area contributed by atoms with Crippen LogP contribution in [0.2, 0.25) is 5.02 Å². The van der Waals surface area contributed by atoms with Crippen molar-refractivity contribution in [3.05, 3.63) is 75.9 Å². The van der Waals surface area contributed by atoms with Gasteiger partial charge in [0.2, 0.25) is 5.90 Å². The van der Waals surface area contributed by atoms with Gasteiger partial charge in [0.05, 0.1) is 0 Å². The van der Waals surface area contributed by atoms with Crippen molar-refractivity contribution in [1.82, 2.24) is 0 Å². The third-order valence-corrected chi connectivity index (χ3v) is 6.06. The molecule has 0 amide bonds. The molecule has 0 atom stereocenters. The maximum absolute atomic E-state index is 12.2. The van der Waals surface area contributed by atoms with Crippen LogP contribution in [0.3, 0.4) is 0 Å². The molecule has 1 aliphatic heterocycles. The summed E-state index contributed by atoms with van der Waals surface area (Å²) >= 11 is 6.00. The highest BCUT2D eigenvalue weighted by molar-refractivity contribution is 6.30. The van der Waals surface area contributed by atoms with Gasteiger partial charge in [0.1, 0.15) is 0 Å². The number of benzene rings is 2. The minimum Gasteiger partial charge on any atom is -0.402 e. The quantitative estimate of drug-likeness (QED) is 0.447. The van der Waals surface area contributed by atoms with Gasteiger partial charge in [-0.05, 0) is 79.0 Å². The highest BCUT2D eigenvalue weighted by Gasteiger charge is 2.25. The Morgan fingerprint density at radius 1 is 1.11 bits per heavy atom. The predicted molar refractivity (Wildman–Crippen MR) is 113 cm³/mol. The van der Waals surface area contributed by atoms with E-state index < -0.39 is 5.97 Å². The highest BCUT2D eigenvalue weighted by Crippen LogP contribution is 2.37. The Labute approximate surface area is 171 Å². The van der Waals surface area contributed by atoms with Gasteiger partial charge in [0.25, 0.3) is 0 Å². The van der Waals surface area contributed by atoms with E-state index in [1.54, 1.807) is 18.2 Å². The van der Waals surface area contributed by atoms with Crippen LogP contribution in [-0.2, 0) is 9.53 Å². The van der Waals surface area contributed by atoms with Crippen LogP contribution < -0.4 is 0 Å². The lowest BCUT2D eigenvalue weighted by molar-refractivity contribution is -0.129. The second-order valence-corrected chi connectivity index (χ2v) is 8.08. The van der Waals surface area contributed by atoms with Gasteiger partial charge < -0.3 is 4.74 Å². The van der Waals surface area contributed by atoms with Gasteiger partial charge in [-0.25, -0.2) is 9.79 Å². The van der Waals surface area contributed by atoms with Crippen molar-refractivity contribution in [3.8, 4) is 0 Å². The van der Waals surface area contributed by atoms with Crippen molar-refractivity contribution in [3.63, 3.8) is 0 Å². The Hall–Kier alpha value is -2.39. The number of hydrogen-bond acceptors (Lipinski definition) is 3. The summed E-state index contributed by atoms with van der Waals surface area (Å²) < 4.78 is 5.39. The van der Waals surface area contributed by atoms with Gasteiger partial charge in [0.15, 0.2) is 5.70 Å². The van der Waals surface area contributed by atoms with E-state index in [4.69, 9.17) is 16.3 Å². The van der Waals surface area contributed by atoms with Crippen molar-refractivity contribution in [2.24, 2.45) is 10.9 Å². The Bertz CT molecular complexity index is 922. The lowest BCUT2D eigenvalue weighted by atomic mass is 9.78. The molecule has 1 fully saturated rings. The number of rotatable bonds is 4. The second kappa shape index (κ2) is 8.32. The number of nitrogens with zero attached hydrogens (tertiary/aromatic N) is 1. The molecule has 2 aromatic carbocycles. The summed E-state index contributed by atoms with van der Waals surface area (Å²) in [6.45, 7) is 2.29. The molecule has 0 bridgehead atoms. The number of halogens is 1. The predicted octanol–water partition coefficient (Wildman–Crippen LogP) is 6.37. The van der Waals surface area contributed by atoms with Crippen LogP contribution in [0.15, 0.2) is 59.2 Å². The fourth-order valence-corrected chi connectivity index (χ4v) is 4.29. The summed E-state index contributed by atoms with van der Waals surface area (Å²) in [6, 6.07) is 15.6. The standard InChI is InChI=1S/C24H24ClNO2/c1-2-16-6-8-18(9-7-16)19-10-12-20(13-11-19)23-26-22(24(27)28-23)15-17-4-3-5-21(25)14-17/h3-5,10-16,18H,2,6-9H2,1H3/b22-15+. The first-order valence-electron chi connectivity index (χ1n) is 10.0. The number of carbonyl (C=O) groups excluding carboxylic acids is 1. The zero-order chi connectivity index (χ0) is 19.5. The van der Waals surface area contributed by atoms with Crippen LogP contribution in [0, 0.1) is 5.92 Å². The van der Waals surface area contributed by atoms with Crippen LogP contribution in [-0.4, -0.2) is 11.9 Å². The summed E-state index contributed by atoms with van der Waals surface area (Å²) in [4.78, 5) is 16.6. The molecule has 28 heavy (non-hydrogen) atoms. The summed E-state index contributed by atoms with van der Waals surface area (Å²) in [7, 11) is 0. The largest absolute Gasteiger partial charge is 0.402 e. The molecule has 1 heterocycles. The van der Waals surface area contributed by atoms with E-state index >= 15 is 0 Å². The SMILES string of the molecule is CCC1CCC(c2ccc(C3=N/C(=C/c4cccc(Cl)c4)C(=O)O3)cc2)CC1. The number of hydrogen-bond donors (Lipinski definition) is 0. The van der Waals surface area contributed by atoms with E-state index in [2.05, 4.69) is 24.0 Å². The lowest BCUT2D eigenvalue weighted by Crippen LogP contribution is -2.13. The first-order valence-corrected chi connectivity index (χ1v) is 10.4. The molecule has 2 aromatic rings. The fraction of sp³-hybridized carbons (Fsp3) is 0.333. The Balaban J connectivity index is 1.49. The van der Waals surface area contributed by atoms with Crippen LogP contribution in [0.5, 0.6) is 0 Å². The van der Waals surface area contributed by atoms with Gasteiger partial charge in [0, 0.05) is 10.6 Å². The molecule has 0 radical (unpaired) electrons. The van der Waals surface area contributed by atoms with Crippen molar-refractivity contribution in [2.45, 2.75) is 44.9 Å². The molecule has 0 unspecified atom stereocenters. The molecule has 4 rings (SSSR count). The number of cyclic esters (lactones) is 1. The van der Waals surface area contributed by atoms with Crippen molar-refractivity contribution in [1.29, 1.82) is 0 Å². The van der Waals surface area contributed by atoms with Crippen LogP contribution in [0.1, 0.15) is 61.6 Å². The van der Waals surface area contributed by atoms with E-state index in [1.165, 1.54) is 37.7 Å². The zero-order valence-corrected chi connectivity index (χ0v) is 16.8. The normalized spacial score (nSPS) is 23.6. The lowest BCUT2D eigenvalue weighted by Gasteiger charge is -2.28. The molecular weight excluding hydrogens is 370 g/mol. The van der Waals surface area contributed by atoms with Gasteiger partial charge in [-0.2, -0.15) is 0 Å². The monoisotopic (exact) mass is 393 g/mol. The minimum atomic E-state index is -0.433. The van der Waals surface area contributed by atoms with E-state index in [0.29, 0.717) is 22.5 Å². The molecule has 1 saturated carbocycles. The number of esters is 1. The van der Waals surface area contributed by atoms with E-state index in [-0.39, 0.29) is 0 Å². The fourth-order valence-electron chi connectivity index (χ4n) is 4.09. The van der Waals surface area contributed by atoms with Crippen LogP contribution in [0.4, 0.5) is 0 Å². The highest BCUT2D eigenvalue weighted by atomic mass is 35.5. The summed E-state index contributed by atoms with van der Waals surface area (Å²) in [5.74, 6) is 1.46. The number of carbonyl (C=O) groups is 1.